The van der Waals surface area contributed by atoms with Gasteiger partial charge in [-0.15, -0.1) is 11.3 Å². The topological polar surface area (TPSA) is 66.5 Å². The summed E-state index contributed by atoms with van der Waals surface area (Å²) in [5, 5.41) is 4.93. The Labute approximate surface area is 168 Å². The Morgan fingerprint density at radius 2 is 1.64 bits per heavy atom. The molecule has 1 aliphatic rings. The van der Waals surface area contributed by atoms with Crippen LogP contribution in [0.1, 0.15) is 23.2 Å². The van der Waals surface area contributed by atoms with E-state index in [0.717, 1.165) is 29.0 Å². The zero-order valence-corrected chi connectivity index (χ0v) is 16.8. The summed E-state index contributed by atoms with van der Waals surface area (Å²) >= 11 is 1.61. The third-order valence-corrected chi connectivity index (χ3v) is 7.60. The maximum absolute atomic E-state index is 12.7. The zero-order chi connectivity index (χ0) is 19.6. The van der Waals surface area contributed by atoms with Crippen molar-refractivity contribution in [2.24, 2.45) is 0 Å². The van der Waals surface area contributed by atoms with Crippen molar-refractivity contribution < 1.29 is 13.2 Å². The van der Waals surface area contributed by atoms with Gasteiger partial charge in [0.2, 0.25) is 10.0 Å². The van der Waals surface area contributed by atoms with Crippen LogP contribution >= 0.6 is 11.3 Å². The first-order chi connectivity index (χ1) is 13.6. The van der Waals surface area contributed by atoms with E-state index in [1.165, 1.54) is 16.4 Å². The van der Waals surface area contributed by atoms with Crippen LogP contribution in [0.3, 0.4) is 0 Å². The highest BCUT2D eigenvalue weighted by atomic mass is 32.2. The lowest BCUT2D eigenvalue weighted by atomic mass is 10.1. The molecule has 1 saturated heterocycles. The average Bonchev–Trinajstić information content (AvgIpc) is 3.43. The van der Waals surface area contributed by atoms with Gasteiger partial charge in [-0.05, 0) is 54.6 Å². The monoisotopic (exact) mass is 412 g/mol. The molecule has 1 amide bonds. The summed E-state index contributed by atoms with van der Waals surface area (Å²) in [5.74, 6) is -0.269. The largest absolute Gasteiger partial charge is 0.321 e. The molecule has 0 bridgehead atoms. The third kappa shape index (κ3) is 3.73. The van der Waals surface area contributed by atoms with Gasteiger partial charge >= 0.3 is 0 Å². The van der Waals surface area contributed by atoms with Crippen LogP contribution in [0, 0.1) is 0 Å². The van der Waals surface area contributed by atoms with E-state index in [2.05, 4.69) is 5.32 Å². The van der Waals surface area contributed by atoms with Gasteiger partial charge in [0.15, 0.2) is 0 Å². The van der Waals surface area contributed by atoms with Crippen molar-refractivity contribution in [1.29, 1.82) is 0 Å². The highest BCUT2D eigenvalue weighted by Crippen LogP contribution is 2.31. The summed E-state index contributed by atoms with van der Waals surface area (Å²) in [6.07, 6.45) is 1.78. The molecule has 3 aromatic rings. The van der Waals surface area contributed by atoms with Crippen molar-refractivity contribution in [2.45, 2.75) is 17.7 Å². The standard InChI is InChI=1S/C21H20N2O3S2/c24-21(22-19-7-2-1-6-18(19)20-8-5-15-27-20)16-9-11-17(12-10-16)28(25,26)23-13-3-4-14-23/h1-2,5-12,15H,3-4,13-14H2,(H,22,24). The highest BCUT2D eigenvalue weighted by molar-refractivity contribution is 7.89. The van der Waals surface area contributed by atoms with E-state index in [1.807, 2.05) is 41.8 Å². The molecule has 0 unspecified atom stereocenters. The molecule has 28 heavy (non-hydrogen) atoms. The van der Waals surface area contributed by atoms with Gasteiger partial charge in [0.25, 0.3) is 5.91 Å². The molecule has 0 radical (unpaired) electrons. The van der Waals surface area contributed by atoms with Gasteiger partial charge in [-0.3, -0.25) is 4.79 Å². The molecule has 0 atom stereocenters. The first kappa shape index (κ1) is 18.9. The minimum Gasteiger partial charge on any atom is -0.321 e. The van der Waals surface area contributed by atoms with Crippen LogP contribution < -0.4 is 5.32 Å². The van der Waals surface area contributed by atoms with E-state index in [1.54, 1.807) is 23.5 Å². The minimum atomic E-state index is -3.47. The molecule has 5 nitrogen and oxygen atoms in total. The first-order valence-corrected chi connectivity index (χ1v) is 11.4. The van der Waals surface area contributed by atoms with E-state index >= 15 is 0 Å². The summed E-state index contributed by atoms with van der Waals surface area (Å²) in [7, 11) is -3.47. The highest BCUT2D eigenvalue weighted by Gasteiger charge is 2.27. The summed E-state index contributed by atoms with van der Waals surface area (Å²) in [4.78, 5) is 14.0. The Hall–Kier alpha value is -2.48. The summed E-state index contributed by atoms with van der Waals surface area (Å²) in [6.45, 7) is 1.12. The van der Waals surface area contributed by atoms with Crippen molar-refractivity contribution in [3.63, 3.8) is 0 Å². The molecule has 144 valence electrons. The van der Waals surface area contributed by atoms with Crippen LogP contribution in [-0.4, -0.2) is 31.7 Å². The van der Waals surface area contributed by atoms with Crippen molar-refractivity contribution >= 4 is 33.0 Å². The second-order valence-electron chi connectivity index (χ2n) is 6.61. The van der Waals surface area contributed by atoms with Gasteiger partial charge in [0.05, 0.1) is 4.90 Å². The van der Waals surface area contributed by atoms with Crippen LogP contribution in [0.4, 0.5) is 5.69 Å². The fourth-order valence-corrected chi connectivity index (χ4v) is 5.57. The lowest BCUT2D eigenvalue weighted by Crippen LogP contribution is -2.27. The summed E-state index contributed by atoms with van der Waals surface area (Å²) < 4.78 is 26.7. The van der Waals surface area contributed by atoms with Crippen LogP contribution in [0.5, 0.6) is 0 Å². The van der Waals surface area contributed by atoms with Gasteiger partial charge in [-0.25, -0.2) is 8.42 Å². The molecule has 4 rings (SSSR count). The fraction of sp³-hybridized carbons (Fsp3) is 0.190. The number of nitrogens with one attached hydrogen (secondary N) is 1. The summed E-state index contributed by atoms with van der Waals surface area (Å²) in [6, 6.07) is 17.7. The van der Waals surface area contributed by atoms with E-state index in [9.17, 15) is 13.2 Å². The predicted molar refractivity (Wildman–Crippen MR) is 112 cm³/mol. The number of thiophene rings is 1. The molecule has 7 heteroatoms. The number of amides is 1. The van der Waals surface area contributed by atoms with E-state index in [0.29, 0.717) is 18.7 Å². The molecular weight excluding hydrogens is 392 g/mol. The lowest BCUT2D eigenvalue weighted by molar-refractivity contribution is 0.102. The normalized spacial score (nSPS) is 14.9. The van der Waals surface area contributed by atoms with Crippen molar-refractivity contribution in [2.75, 3.05) is 18.4 Å². The molecule has 2 heterocycles. The van der Waals surface area contributed by atoms with E-state index in [-0.39, 0.29) is 10.8 Å². The lowest BCUT2D eigenvalue weighted by Gasteiger charge is -2.15. The second kappa shape index (κ2) is 7.87. The van der Waals surface area contributed by atoms with Gasteiger partial charge in [0.1, 0.15) is 0 Å². The molecule has 1 aliphatic heterocycles. The number of benzene rings is 2. The van der Waals surface area contributed by atoms with Crippen LogP contribution in [-0.2, 0) is 10.0 Å². The molecule has 0 aliphatic carbocycles. The van der Waals surface area contributed by atoms with Crippen LogP contribution in [0.15, 0.2) is 70.9 Å². The molecule has 0 saturated carbocycles. The quantitative estimate of drug-likeness (QED) is 0.673. The number of sulfonamides is 1. The Morgan fingerprint density at radius 3 is 2.32 bits per heavy atom. The molecule has 1 fully saturated rings. The SMILES string of the molecule is O=C(Nc1ccccc1-c1cccs1)c1ccc(S(=O)(=O)N2CCCC2)cc1. The molecule has 0 spiro atoms. The minimum absolute atomic E-state index is 0.227. The van der Waals surface area contributed by atoms with Gasteiger partial charge < -0.3 is 5.32 Å². The summed E-state index contributed by atoms with van der Waals surface area (Å²) in [5.41, 5.74) is 2.10. The van der Waals surface area contributed by atoms with Crippen molar-refractivity contribution in [1.82, 2.24) is 4.31 Å². The number of carbonyl (C=O) groups is 1. The number of carbonyl (C=O) groups excluding carboxylic acids is 1. The molecule has 2 aromatic carbocycles. The maximum atomic E-state index is 12.7. The van der Waals surface area contributed by atoms with Crippen LogP contribution in [0.25, 0.3) is 10.4 Å². The number of hydrogen-bond donors (Lipinski definition) is 1. The van der Waals surface area contributed by atoms with Crippen LogP contribution in [0.2, 0.25) is 0 Å². The Kier molecular flexibility index (Phi) is 5.30. The zero-order valence-electron chi connectivity index (χ0n) is 15.2. The fourth-order valence-electron chi connectivity index (χ4n) is 3.29. The Morgan fingerprint density at radius 1 is 0.929 bits per heavy atom. The second-order valence-corrected chi connectivity index (χ2v) is 9.50. The van der Waals surface area contributed by atoms with E-state index in [4.69, 9.17) is 0 Å². The van der Waals surface area contributed by atoms with Gasteiger partial charge in [-0.1, -0.05) is 24.3 Å². The average molecular weight is 413 g/mol. The number of anilines is 1. The Balaban J connectivity index is 1.54. The Bertz CT molecular complexity index is 1070. The van der Waals surface area contributed by atoms with Gasteiger partial charge in [0, 0.05) is 34.8 Å². The number of rotatable bonds is 5. The molecule has 1 N–H and O–H groups in total. The number of nitrogens with zero attached hydrogens (tertiary/aromatic N) is 1. The third-order valence-electron chi connectivity index (χ3n) is 4.78. The molecule has 1 aromatic heterocycles. The smallest absolute Gasteiger partial charge is 0.255 e. The molecular formula is C21H20N2O3S2. The first-order valence-electron chi connectivity index (χ1n) is 9.10. The van der Waals surface area contributed by atoms with Crippen molar-refractivity contribution in [3.8, 4) is 10.4 Å². The van der Waals surface area contributed by atoms with Crippen molar-refractivity contribution in [3.05, 3.63) is 71.6 Å². The van der Waals surface area contributed by atoms with E-state index < -0.39 is 10.0 Å². The maximum Gasteiger partial charge on any atom is 0.255 e. The van der Waals surface area contributed by atoms with Gasteiger partial charge in [-0.2, -0.15) is 4.31 Å². The number of hydrogen-bond acceptors (Lipinski definition) is 4. The number of para-hydroxylation sites is 1. The predicted octanol–water partition coefficient (Wildman–Crippen LogP) is 4.45.